The molecule has 0 fully saturated rings. The van der Waals surface area contributed by atoms with Crippen LogP contribution in [0.3, 0.4) is 0 Å². The van der Waals surface area contributed by atoms with Crippen LogP contribution in [0.25, 0.3) is 0 Å². The number of anilines is 1. The van der Waals surface area contributed by atoms with E-state index in [2.05, 4.69) is 9.82 Å². The standard InChI is InChI=1S/C21H18FN3O3S2/c1-30(27,28)24-15-10-8-14(9-11-15)18-13-19(16-5-2-3-6-17(16)22)25(23-18)21(26)20-7-4-12-29-20/h2-12,19,24H,13H2,1H3/t19-/m1/s1. The molecule has 1 N–H and O–H groups in total. The minimum Gasteiger partial charge on any atom is -0.284 e. The zero-order valence-electron chi connectivity index (χ0n) is 15.9. The Morgan fingerprint density at radius 1 is 1.13 bits per heavy atom. The summed E-state index contributed by atoms with van der Waals surface area (Å²) in [6.45, 7) is 0. The molecule has 4 rings (SSSR count). The Morgan fingerprint density at radius 3 is 2.50 bits per heavy atom. The van der Waals surface area contributed by atoms with Gasteiger partial charge in [0, 0.05) is 17.7 Å². The van der Waals surface area contributed by atoms with Crippen molar-refractivity contribution in [2.24, 2.45) is 5.10 Å². The number of sulfonamides is 1. The van der Waals surface area contributed by atoms with E-state index >= 15 is 0 Å². The summed E-state index contributed by atoms with van der Waals surface area (Å²) < 4.78 is 39.7. The summed E-state index contributed by atoms with van der Waals surface area (Å²) in [5.74, 6) is -0.681. The van der Waals surface area contributed by atoms with Crippen LogP contribution >= 0.6 is 11.3 Å². The molecule has 1 amide bonds. The summed E-state index contributed by atoms with van der Waals surface area (Å²) in [7, 11) is -3.38. The largest absolute Gasteiger partial charge is 0.284 e. The predicted octanol–water partition coefficient (Wildman–Crippen LogP) is 4.25. The highest BCUT2D eigenvalue weighted by Gasteiger charge is 2.35. The highest BCUT2D eigenvalue weighted by molar-refractivity contribution is 7.92. The molecule has 3 aromatic rings. The number of nitrogens with zero attached hydrogens (tertiary/aromatic N) is 2. The molecule has 1 aromatic heterocycles. The average Bonchev–Trinajstić information content (AvgIpc) is 3.38. The molecule has 9 heteroatoms. The van der Waals surface area contributed by atoms with Crippen LogP contribution in [-0.4, -0.2) is 31.3 Å². The van der Waals surface area contributed by atoms with E-state index in [4.69, 9.17) is 0 Å². The number of thiophene rings is 1. The van der Waals surface area contributed by atoms with Gasteiger partial charge in [0.15, 0.2) is 0 Å². The van der Waals surface area contributed by atoms with Crippen molar-refractivity contribution in [2.75, 3.05) is 11.0 Å². The third-order valence-electron chi connectivity index (χ3n) is 4.64. The lowest BCUT2D eigenvalue weighted by atomic mass is 9.98. The van der Waals surface area contributed by atoms with Crippen molar-refractivity contribution in [2.45, 2.75) is 12.5 Å². The number of halogens is 1. The van der Waals surface area contributed by atoms with Gasteiger partial charge in [0.1, 0.15) is 5.82 Å². The quantitative estimate of drug-likeness (QED) is 0.640. The first kappa shape index (κ1) is 20.2. The maximum absolute atomic E-state index is 14.5. The van der Waals surface area contributed by atoms with Crippen molar-refractivity contribution in [3.8, 4) is 0 Å². The molecule has 154 valence electrons. The van der Waals surface area contributed by atoms with Crippen LogP contribution in [0.4, 0.5) is 10.1 Å². The summed E-state index contributed by atoms with van der Waals surface area (Å²) >= 11 is 1.30. The Hall–Kier alpha value is -3.04. The molecule has 1 atom stereocenters. The van der Waals surface area contributed by atoms with Crippen LogP contribution in [0.5, 0.6) is 0 Å². The fourth-order valence-electron chi connectivity index (χ4n) is 3.32. The summed E-state index contributed by atoms with van der Waals surface area (Å²) in [5.41, 5.74) is 2.18. The van der Waals surface area contributed by atoms with E-state index in [9.17, 15) is 17.6 Å². The average molecular weight is 444 g/mol. The highest BCUT2D eigenvalue weighted by Crippen LogP contribution is 2.35. The summed E-state index contributed by atoms with van der Waals surface area (Å²) in [6, 6.07) is 16.0. The van der Waals surface area contributed by atoms with Gasteiger partial charge in [-0.3, -0.25) is 9.52 Å². The Labute approximate surface area is 177 Å². The SMILES string of the molecule is CS(=O)(=O)Nc1ccc(C2=NN(C(=O)c3cccs3)[C@@H](c3ccccc3F)C2)cc1. The van der Waals surface area contributed by atoms with E-state index in [0.29, 0.717) is 28.3 Å². The number of nitrogens with one attached hydrogen (secondary N) is 1. The molecule has 1 aliphatic heterocycles. The number of hydrogen-bond donors (Lipinski definition) is 1. The van der Waals surface area contributed by atoms with Crippen LogP contribution in [0.2, 0.25) is 0 Å². The number of hydrogen-bond acceptors (Lipinski definition) is 5. The van der Waals surface area contributed by atoms with E-state index in [1.165, 1.54) is 22.4 Å². The van der Waals surface area contributed by atoms with Crippen molar-refractivity contribution in [3.63, 3.8) is 0 Å². The second-order valence-electron chi connectivity index (χ2n) is 6.87. The fraction of sp³-hybridized carbons (Fsp3) is 0.143. The molecule has 1 aliphatic rings. The molecule has 0 bridgehead atoms. The number of rotatable bonds is 5. The Kier molecular flexibility index (Phi) is 5.40. The van der Waals surface area contributed by atoms with E-state index in [0.717, 1.165) is 11.8 Å². The zero-order chi connectivity index (χ0) is 21.3. The minimum absolute atomic E-state index is 0.288. The molecule has 0 radical (unpaired) electrons. The van der Waals surface area contributed by atoms with E-state index in [1.54, 1.807) is 60.0 Å². The van der Waals surface area contributed by atoms with Crippen LogP contribution in [0.1, 0.15) is 33.3 Å². The van der Waals surface area contributed by atoms with Crippen molar-refractivity contribution in [3.05, 3.63) is 87.9 Å². The molecule has 2 heterocycles. The zero-order valence-corrected chi connectivity index (χ0v) is 17.6. The van der Waals surface area contributed by atoms with Gasteiger partial charge in [-0.2, -0.15) is 5.10 Å². The molecule has 0 spiro atoms. The molecule has 2 aromatic carbocycles. The second-order valence-corrected chi connectivity index (χ2v) is 9.56. The van der Waals surface area contributed by atoms with Crippen molar-refractivity contribution >= 4 is 38.7 Å². The molecular formula is C21H18FN3O3S2. The Bertz CT molecular complexity index is 1210. The van der Waals surface area contributed by atoms with Gasteiger partial charge in [0.2, 0.25) is 10.0 Å². The van der Waals surface area contributed by atoms with E-state index < -0.39 is 21.9 Å². The lowest BCUT2D eigenvalue weighted by Gasteiger charge is -2.21. The first-order chi connectivity index (χ1) is 14.3. The van der Waals surface area contributed by atoms with E-state index in [1.807, 2.05) is 0 Å². The fourth-order valence-corrected chi connectivity index (χ4v) is 4.54. The second kappa shape index (κ2) is 8.00. The molecular weight excluding hydrogens is 425 g/mol. The van der Waals surface area contributed by atoms with Gasteiger partial charge in [-0.05, 0) is 35.2 Å². The third kappa shape index (κ3) is 4.27. The lowest BCUT2D eigenvalue weighted by Crippen LogP contribution is -2.27. The van der Waals surface area contributed by atoms with Crippen molar-refractivity contribution < 1.29 is 17.6 Å². The summed E-state index contributed by atoms with van der Waals surface area (Å²) in [4.78, 5) is 13.5. The maximum atomic E-state index is 14.5. The lowest BCUT2D eigenvalue weighted by molar-refractivity contribution is 0.0713. The minimum atomic E-state index is -3.38. The Balaban J connectivity index is 1.68. The van der Waals surface area contributed by atoms with Gasteiger partial charge in [0.25, 0.3) is 5.91 Å². The number of benzene rings is 2. The van der Waals surface area contributed by atoms with Gasteiger partial charge in [-0.15, -0.1) is 11.3 Å². The van der Waals surface area contributed by atoms with Crippen LogP contribution in [0, 0.1) is 5.82 Å². The topological polar surface area (TPSA) is 78.8 Å². The predicted molar refractivity (Wildman–Crippen MR) is 116 cm³/mol. The van der Waals surface area contributed by atoms with Gasteiger partial charge in [0.05, 0.1) is 22.9 Å². The smallest absolute Gasteiger partial charge is 0.284 e. The molecule has 0 saturated carbocycles. The van der Waals surface area contributed by atoms with Crippen molar-refractivity contribution in [1.29, 1.82) is 0 Å². The maximum Gasteiger partial charge on any atom is 0.284 e. The summed E-state index contributed by atoms with van der Waals surface area (Å²) in [6.07, 6.45) is 1.42. The van der Waals surface area contributed by atoms with Crippen LogP contribution in [0.15, 0.2) is 71.1 Å². The van der Waals surface area contributed by atoms with Gasteiger partial charge >= 0.3 is 0 Å². The number of carbonyl (C=O) groups excluding carboxylic acids is 1. The first-order valence-corrected chi connectivity index (χ1v) is 11.9. The third-order valence-corrected chi connectivity index (χ3v) is 6.10. The number of hydrazone groups is 1. The Morgan fingerprint density at radius 2 is 1.87 bits per heavy atom. The van der Waals surface area contributed by atoms with Crippen LogP contribution in [-0.2, 0) is 10.0 Å². The molecule has 0 saturated heterocycles. The number of amides is 1. The first-order valence-electron chi connectivity index (χ1n) is 9.09. The van der Waals surface area contributed by atoms with Crippen LogP contribution < -0.4 is 4.72 Å². The monoisotopic (exact) mass is 443 g/mol. The number of carbonyl (C=O) groups is 1. The molecule has 6 nitrogen and oxygen atoms in total. The normalized spacial score (nSPS) is 16.4. The van der Waals surface area contributed by atoms with E-state index in [-0.39, 0.29) is 5.91 Å². The van der Waals surface area contributed by atoms with Crippen molar-refractivity contribution in [1.82, 2.24) is 5.01 Å². The van der Waals surface area contributed by atoms with Gasteiger partial charge in [-0.25, -0.2) is 17.8 Å². The molecule has 30 heavy (non-hydrogen) atoms. The van der Waals surface area contributed by atoms with Gasteiger partial charge < -0.3 is 0 Å². The highest BCUT2D eigenvalue weighted by atomic mass is 32.2. The molecule has 0 aliphatic carbocycles. The summed E-state index contributed by atoms with van der Waals surface area (Å²) in [5, 5.41) is 7.66. The van der Waals surface area contributed by atoms with Gasteiger partial charge in [-0.1, -0.05) is 36.4 Å². The molecule has 0 unspecified atom stereocenters.